The molecule has 1 aliphatic heterocycles. The van der Waals surface area contributed by atoms with Gasteiger partial charge in [-0.1, -0.05) is 49.4 Å². The summed E-state index contributed by atoms with van der Waals surface area (Å²) in [6.45, 7) is 7.80. The number of hydrogen-bond donors (Lipinski definition) is 0. The number of piperidine rings is 1. The molecule has 0 unspecified atom stereocenters. The van der Waals surface area contributed by atoms with Gasteiger partial charge in [0.15, 0.2) is 0 Å². The molecule has 0 bridgehead atoms. The van der Waals surface area contributed by atoms with Crippen LogP contribution in [0.25, 0.3) is 10.8 Å². The Hall–Kier alpha value is -2.09. The number of carbonyl (C=O) groups excluding carboxylic acids is 1. The van der Waals surface area contributed by atoms with E-state index < -0.39 is 0 Å². The number of likely N-dealkylation sites (tertiary alicyclic amines) is 1. The van der Waals surface area contributed by atoms with Gasteiger partial charge in [0, 0.05) is 18.7 Å². The lowest BCUT2D eigenvalue weighted by Gasteiger charge is -2.40. The molecule has 2 heteroatoms. The van der Waals surface area contributed by atoms with Crippen LogP contribution in [-0.2, 0) is 0 Å². The van der Waals surface area contributed by atoms with E-state index in [1.165, 1.54) is 6.42 Å². The Morgan fingerprint density at radius 1 is 1.27 bits per heavy atom. The maximum absolute atomic E-state index is 13.0. The highest BCUT2D eigenvalue weighted by molar-refractivity contribution is 6.07. The molecule has 1 heterocycles. The monoisotopic (exact) mass is 293 g/mol. The second-order valence-corrected chi connectivity index (χ2v) is 6.66. The molecule has 0 aliphatic carbocycles. The van der Waals surface area contributed by atoms with Crippen LogP contribution in [0.1, 0.15) is 36.5 Å². The summed E-state index contributed by atoms with van der Waals surface area (Å²) in [6.07, 6.45) is 5.18. The summed E-state index contributed by atoms with van der Waals surface area (Å²) >= 11 is 0. The molecular weight excluding hydrogens is 270 g/mol. The quantitative estimate of drug-likeness (QED) is 0.754. The number of nitrogens with zero attached hydrogens (tertiary/aromatic N) is 1. The Bertz CT molecular complexity index is 700. The van der Waals surface area contributed by atoms with Crippen molar-refractivity contribution in [2.45, 2.75) is 26.2 Å². The van der Waals surface area contributed by atoms with Crippen molar-refractivity contribution in [1.29, 1.82) is 0 Å². The second kappa shape index (κ2) is 5.96. The summed E-state index contributed by atoms with van der Waals surface area (Å²) in [4.78, 5) is 15.0. The summed E-state index contributed by atoms with van der Waals surface area (Å²) in [6, 6.07) is 14.1. The van der Waals surface area contributed by atoms with Crippen LogP contribution in [0.3, 0.4) is 0 Å². The van der Waals surface area contributed by atoms with Gasteiger partial charge in [-0.15, -0.1) is 6.58 Å². The third kappa shape index (κ3) is 2.78. The molecule has 1 amide bonds. The van der Waals surface area contributed by atoms with E-state index in [0.29, 0.717) is 0 Å². The molecular formula is C20H23NO. The fourth-order valence-electron chi connectivity index (χ4n) is 3.59. The minimum absolute atomic E-state index is 0.159. The van der Waals surface area contributed by atoms with Gasteiger partial charge in [-0.25, -0.2) is 0 Å². The fraction of sp³-hybridized carbons (Fsp3) is 0.350. The summed E-state index contributed by atoms with van der Waals surface area (Å²) < 4.78 is 0. The van der Waals surface area contributed by atoms with Crippen molar-refractivity contribution in [2.75, 3.05) is 13.1 Å². The maximum atomic E-state index is 13.0. The van der Waals surface area contributed by atoms with Gasteiger partial charge >= 0.3 is 0 Å². The van der Waals surface area contributed by atoms with Crippen molar-refractivity contribution >= 4 is 16.7 Å². The van der Waals surface area contributed by atoms with E-state index in [9.17, 15) is 4.79 Å². The molecule has 0 spiro atoms. The zero-order valence-electron chi connectivity index (χ0n) is 13.2. The Kier molecular flexibility index (Phi) is 4.02. The van der Waals surface area contributed by atoms with Crippen molar-refractivity contribution in [2.24, 2.45) is 5.41 Å². The maximum Gasteiger partial charge on any atom is 0.254 e. The predicted molar refractivity (Wildman–Crippen MR) is 92.0 cm³/mol. The molecule has 1 saturated heterocycles. The highest BCUT2D eigenvalue weighted by atomic mass is 16.2. The predicted octanol–water partition coefficient (Wildman–Crippen LogP) is 4.66. The number of allylic oxidation sites excluding steroid dienone is 1. The van der Waals surface area contributed by atoms with Crippen molar-refractivity contribution < 1.29 is 4.79 Å². The summed E-state index contributed by atoms with van der Waals surface area (Å²) in [5.41, 5.74) is 0.987. The number of benzene rings is 2. The van der Waals surface area contributed by atoms with Crippen LogP contribution in [-0.4, -0.2) is 23.9 Å². The van der Waals surface area contributed by atoms with Gasteiger partial charge in [0.2, 0.25) is 0 Å². The first-order valence-electron chi connectivity index (χ1n) is 8.01. The summed E-state index contributed by atoms with van der Waals surface area (Å²) in [5, 5.41) is 2.17. The fourth-order valence-corrected chi connectivity index (χ4v) is 3.59. The lowest BCUT2D eigenvalue weighted by atomic mass is 9.79. The molecule has 1 fully saturated rings. The van der Waals surface area contributed by atoms with Crippen molar-refractivity contribution in [3.8, 4) is 0 Å². The number of rotatable bonds is 3. The average molecular weight is 293 g/mol. The van der Waals surface area contributed by atoms with Gasteiger partial charge in [-0.05, 0) is 41.5 Å². The van der Waals surface area contributed by atoms with Gasteiger partial charge in [-0.2, -0.15) is 0 Å². The standard InChI is InChI=1S/C20H23NO/c1-3-12-20(2)13-7-14-21(15-20)19(22)18-11-6-9-16-8-4-5-10-17(16)18/h3-6,8-11H,1,7,12-15H2,2H3/t20-/m1/s1. The Morgan fingerprint density at radius 3 is 2.86 bits per heavy atom. The summed E-state index contributed by atoms with van der Waals surface area (Å²) in [5.74, 6) is 0.159. The van der Waals surface area contributed by atoms with Crippen LogP contribution in [0.2, 0.25) is 0 Å². The van der Waals surface area contributed by atoms with E-state index in [0.717, 1.165) is 42.3 Å². The molecule has 0 radical (unpaired) electrons. The minimum Gasteiger partial charge on any atom is -0.338 e. The highest BCUT2D eigenvalue weighted by Crippen LogP contribution is 2.34. The van der Waals surface area contributed by atoms with Gasteiger partial charge in [0.05, 0.1) is 0 Å². The molecule has 2 aromatic carbocycles. The average Bonchev–Trinajstić information content (AvgIpc) is 2.53. The first kappa shape index (κ1) is 14.8. The first-order valence-corrected chi connectivity index (χ1v) is 8.01. The molecule has 1 aliphatic rings. The van der Waals surface area contributed by atoms with E-state index >= 15 is 0 Å². The van der Waals surface area contributed by atoms with E-state index in [4.69, 9.17) is 0 Å². The molecule has 0 N–H and O–H groups in total. The zero-order chi connectivity index (χ0) is 15.6. The van der Waals surface area contributed by atoms with E-state index in [2.05, 4.69) is 25.6 Å². The SMILES string of the molecule is C=CC[C@]1(C)CCCN(C(=O)c2cccc3ccccc23)C1. The molecule has 0 saturated carbocycles. The lowest BCUT2D eigenvalue weighted by molar-refractivity contribution is 0.0558. The van der Waals surface area contributed by atoms with Crippen LogP contribution in [0.4, 0.5) is 0 Å². The van der Waals surface area contributed by atoms with Gasteiger partial charge in [-0.3, -0.25) is 4.79 Å². The van der Waals surface area contributed by atoms with E-state index in [1.807, 2.05) is 41.3 Å². The number of hydrogen-bond acceptors (Lipinski definition) is 1. The third-order valence-corrected chi connectivity index (χ3v) is 4.73. The molecule has 1 atom stereocenters. The smallest absolute Gasteiger partial charge is 0.254 e. The Labute approximate surface area is 132 Å². The van der Waals surface area contributed by atoms with Crippen LogP contribution < -0.4 is 0 Å². The minimum atomic E-state index is 0.159. The van der Waals surface area contributed by atoms with Crippen LogP contribution in [0, 0.1) is 5.41 Å². The van der Waals surface area contributed by atoms with Crippen LogP contribution >= 0.6 is 0 Å². The first-order chi connectivity index (χ1) is 10.6. The number of carbonyl (C=O) groups is 1. The van der Waals surface area contributed by atoms with E-state index in [-0.39, 0.29) is 11.3 Å². The molecule has 3 rings (SSSR count). The van der Waals surface area contributed by atoms with Crippen LogP contribution in [0.5, 0.6) is 0 Å². The molecule has 2 nitrogen and oxygen atoms in total. The van der Waals surface area contributed by atoms with Crippen molar-refractivity contribution in [3.05, 3.63) is 60.7 Å². The lowest BCUT2D eigenvalue weighted by Crippen LogP contribution is -2.44. The molecule has 114 valence electrons. The van der Waals surface area contributed by atoms with E-state index in [1.54, 1.807) is 0 Å². The largest absolute Gasteiger partial charge is 0.338 e. The van der Waals surface area contributed by atoms with Gasteiger partial charge < -0.3 is 4.90 Å². The zero-order valence-corrected chi connectivity index (χ0v) is 13.2. The number of amides is 1. The second-order valence-electron chi connectivity index (χ2n) is 6.66. The molecule has 2 aromatic rings. The van der Waals surface area contributed by atoms with Crippen LogP contribution in [0.15, 0.2) is 55.1 Å². The van der Waals surface area contributed by atoms with Gasteiger partial charge in [0.25, 0.3) is 5.91 Å². The van der Waals surface area contributed by atoms with Gasteiger partial charge in [0.1, 0.15) is 0 Å². The summed E-state index contributed by atoms with van der Waals surface area (Å²) in [7, 11) is 0. The Balaban J connectivity index is 1.91. The van der Waals surface area contributed by atoms with Crippen molar-refractivity contribution in [3.63, 3.8) is 0 Å². The highest BCUT2D eigenvalue weighted by Gasteiger charge is 2.32. The topological polar surface area (TPSA) is 20.3 Å². The number of fused-ring (bicyclic) bond motifs is 1. The molecule has 22 heavy (non-hydrogen) atoms. The molecule has 0 aromatic heterocycles. The third-order valence-electron chi connectivity index (χ3n) is 4.73. The Morgan fingerprint density at radius 2 is 2.05 bits per heavy atom. The normalized spacial score (nSPS) is 21.8. The van der Waals surface area contributed by atoms with Crippen molar-refractivity contribution in [1.82, 2.24) is 4.90 Å².